The zero-order valence-corrected chi connectivity index (χ0v) is 10.1. The minimum Gasteiger partial charge on any atom is -0.322 e. The molecule has 0 radical (unpaired) electrons. The van der Waals surface area contributed by atoms with Crippen LogP contribution in [0.4, 0.5) is 0 Å². The lowest BCUT2D eigenvalue weighted by Crippen LogP contribution is -2.35. The topological polar surface area (TPSA) is 69.6 Å². The van der Waals surface area contributed by atoms with Gasteiger partial charge in [0.15, 0.2) is 5.82 Å². The fourth-order valence-electron chi connectivity index (χ4n) is 2.02. The molecule has 0 bridgehead atoms. The van der Waals surface area contributed by atoms with Gasteiger partial charge in [-0.3, -0.25) is 0 Å². The van der Waals surface area contributed by atoms with Crippen molar-refractivity contribution >= 4 is 0 Å². The van der Waals surface area contributed by atoms with E-state index >= 15 is 0 Å². The standard InChI is InChI=1S/C10H21N5/c1-5-10(6-2,7-3)15-9(8(4)11)12-13-14-15/h8H,5-7,11H2,1-4H3. The van der Waals surface area contributed by atoms with E-state index in [1.165, 1.54) is 0 Å². The Hall–Kier alpha value is -0.970. The lowest BCUT2D eigenvalue weighted by atomic mass is 9.90. The molecular formula is C10H21N5. The Bertz CT molecular complexity index is 292. The van der Waals surface area contributed by atoms with Crippen molar-refractivity contribution in [1.29, 1.82) is 0 Å². The molecule has 1 aromatic heterocycles. The van der Waals surface area contributed by atoms with Crippen LogP contribution < -0.4 is 5.73 Å². The average Bonchev–Trinajstić information content (AvgIpc) is 2.71. The summed E-state index contributed by atoms with van der Waals surface area (Å²) in [6, 6.07) is -0.121. The molecule has 0 aliphatic rings. The van der Waals surface area contributed by atoms with Crippen LogP contribution in [0.2, 0.25) is 0 Å². The number of nitrogens with two attached hydrogens (primary N) is 1. The first-order valence-corrected chi connectivity index (χ1v) is 5.65. The summed E-state index contributed by atoms with van der Waals surface area (Å²) in [5, 5.41) is 11.8. The van der Waals surface area contributed by atoms with Gasteiger partial charge in [0.2, 0.25) is 0 Å². The second-order valence-corrected chi connectivity index (χ2v) is 4.02. The van der Waals surface area contributed by atoms with Crippen LogP contribution in [0.25, 0.3) is 0 Å². The maximum Gasteiger partial charge on any atom is 0.168 e. The predicted octanol–water partition coefficient (Wildman–Crippen LogP) is 1.62. The van der Waals surface area contributed by atoms with Crippen molar-refractivity contribution in [1.82, 2.24) is 20.2 Å². The van der Waals surface area contributed by atoms with Crippen molar-refractivity contribution in [2.75, 3.05) is 0 Å². The van der Waals surface area contributed by atoms with Gasteiger partial charge in [-0.1, -0.05) is 20.8 Å². The maximum atomic E-state index is 5.86. The first kappa shape index (κ1) is 12.1. The van der Waals surface area contributed by atoms with Gasteiger partial charge in [0.05, 0.1) is 11.6 Å². The molecule has 0 saturated heterocycles. The van der Waals surface area contributed by atoms with Gasteiger partial charge in [-0.25, -0.2) is 4.68 Å². The number of rotatable bonds is 5. The molecule has 5 heteroatoms. The highest BCUT2D eigenvalue weighted by atomic mass is 15.6. The fraction of sp³-hybridized carbons (Fsp3) is 0.900. The van der Waals surface area contributed by atoms with E-state index in [0.717, 1.165) is 25.1 Å². The Kier molecular flexibility index (Phi) is 3.79. The van der Waals surface area contributed by atoms with Crippen molar-refractivity contribution in [2.45, 2.75) is 58.5 Å². The monoisotopic (exact) mass is 211 g/mol. The number of aromatic nitrogens is 4. The van der Waals surface area contributed by atoms with Crippen molar-refractivity contribution in [2.24, 2.45) is 5.73 Å². The normalized spacial score (nSPS) is 14.2. The van der Waals surface area contributed by atoms with Gasteiger partial charge < -0.3 is 5.73 Å². The second kappa shape index (κ2) is 4.70. The predicted molar refractivity (Wildman–Crippen MR) is 59.3 cm³/mol. The number of hydrogen-bond acceptors (Lipinski definition) is 4. The highest BCUT2D eigenvalue weighted by molar-refractivity contribution is 4.95. The lowest BCUT2D eigenvalue weighted by Gasteiger charge is -2.31. The molecule has 0 amide bonds. The van der Waals surface area contributed by atoms with E-state index in [2.05, 4.69) is 36.3 Å². The third-order valence-corrected chi connectivity index (χ3v) is 3.32. The largest absolute Gasteiger partial charge is 0.322 e. The lowest BCUT2D eigenvalue weighted by molar-refractivity contribution is 0.210. The molecule has 15 heavy (non-hydrogen) atoms. The van der Waals surface area contributed by atoms with E-state index in [1.807, 2.05) is 11.6 Å². The highest BCUT2D eigenvalue weighted by Gasteiger charge is 2.31. The van der Waals surface area contributed by atoms with Gasteiger partial charge in [0.1, 0.15) is 0 Å². The summed E-state index contributed by atoms with van der Waals surface area (Å²) < 4.78 is 1.91. The summed E-state index contributed by atoms with van der Waals surface area (Å²) in [5.41, 5.74) is 5.88. The van der Waals surface area contributed by atoms with Gasteiger partial charge in [0, 0.05) is 0 Å². The summed E-state index contributed by atoms with van der Waals surface area (Å²) in [6.07, 6.45) is 3.06. The van der Waals surface area contributed by atoms with E-state index < -0.39 is 0 Å². The summed E-state index contributed by atoms with van der Waals surface area (Å²) in [7, 11) is 0. The van der Waals surface area contributed by atoms with Gasteiger partial charge in [-0.2, -0.15) is 0 Å². The smallest absolute Gasteiger partial charge is 0.168 e. The van der Waals surface area contributed by atoms with E-state index in [4.69, 9.17) is 5.73 Å². The Labute approximate surface area is 91.0 Å². The van der Waals surface area contributed by atoms with Crippen molar-refractivity contribution in [3.05, 3.63) is 5.82 Å². The SMILES string of the molecule is CCC(CC)(CC)n1nnnc1C(C)N. The highest BCUT2D eigenvalue weighted by Crippen LogP contribution is 2.29. The minimum atomic E-state index is -0.121. The van der Waals surface area contributed by atoms with Crippen LogP contribution in [0, 0.1) is 0 Å². The number of nitrogens with zero attached hydrogens (tertiary/aromatic N) is 4. The van der Waals surface area contributed by atoms with E-state index in [9.17, 15) is 0 Å². The molecule has 0 saturated carbocycles. The molecule has 5 nitrogen and oxygen atoms in total. The van der Waals surface area contributed by atoms with Crippen LogP contribution in [0.1, 0.15) is 58.8 Å². The van der Waals surface area contributed by atoms with Gasteiger partial charge in [0.25, 0.3) is 0 Å². The van der Waals surface area contributed by atoms with Crippen LogP contribution in [0.3, 0.4) is 0 Å². The van der Waals surface area contributed by atoms with Crippen LogP contribution in [0.15, 0.2) is 0 Å². The van der Waals surface area contributed by atoms with Crippen molar-refractivity contribution in [3.63, 3.8) is 0 Å². The van der Waals surface area contributed by atoms with Crippen LogP contribution in [0.5, 0.6) is 0 Å². The van der Waals surface area contributed by atoms with Crippen LogP contribution >= 0.6 is 0 Å². The zero-order valence-electron chi connectivity index (χ0n) is 10.1. The quantitative estimate of drug-likeness (QED) is 0.803. The van der Waals surface area contributed by atoms with Crippen LogP contribution in [-0.2, 0) is 5.54 Å². The van der Waals surface area contributed by atoms with Crippen LogP contribution in [-0.4, -0.2) is 20.2 Å². The molecule has 0 fully saturated rings. The molecular weight excluding hydrogens is 190 g/mol. The third kappa shape index (κ3) is 2.02. The first-order valence-electron chi connectivity index (χ1n) is 5.65. The molecule has 0 aliphatic heterocycles. The molecule has 0 aromatic carbocycles. The Morgan fingerprint density at radius 1 is 1.27 bits per heavy atom. The molecule has 1 unspecified atom stereocenters. The van der Waals surface area contributed by atoms with E-state index in [0.29, 0.717) is 0 Å². The summed E-state index contributed by atoms with van der Waals surface area (Å²) in [6.45, 7) is 8.41. The second-order valence-electron chi connectivity index (χ2n) is 4.02. The Balaban J connectivity index is 3.16. The molecule has 2 N–H and O–H groups in total. The third-order valence-electron chi connectivity index (χ3n) is 3.32. The molecule has 0 spiro atoms. The minimum absolute atomic E-state index is 0.0203. The Morgan fingerprint density at radius 2 is 1.80 bits per heavy atom. The van der Waals surface area contributed by atoms with E-state index in [1.54, 1.807) is 0 Å². The number of tetrazole rings is 1. The zero-order chi connectivity index (χ0) is 11.5. The molecule has 0 aliphatic carbocycles. The molecule has 1 aromatic rings. The summed E-state index contributed by atoms with van der Waals surface area (Å²) in [5.74, 6) is 0.778. The van der Waals surface area contributed by atoms with Crippen molar-refractivity contribution < 1.29 is 0 Å². The van der Waals surface area contributed by atoms with E-state index in [-0.39, 0.29) is 11.6 Å². The Morgan fingerprint density at radius 3 is 2.20 bits per heavy atom. The molecule has 1 rings (SSSR count). The van der Waals surface area contributed by atoms with Gasteiger partial charge in [-0.05, 0) is 36.6 Å². The molecule has 1 heterocycles. The van der Waals surface area contributed by atoms with Gasteiger partial charge in [-0.15, -0.1) is 5.10 Å². The van der Waals surface area contributed by atoms with Gasteiger partial charge >= 0.3 is 0 Å². The first-order chi connectivity index (χ1) is 7.11. The molecule has 1 atom stereocenters. The average molecular weight is 211 g/mol. The van der Waals surface area contributed by atoms with Crippen molar-refractivity contribution in [3.8, 4) is 0 Å². The fourth-order valence-corrected chi connectivity index (χ4v) is 2.02. The summed E-state index contributed by atoms with van der Waals surface area (Å²) in [4.78, 5) is 0. The molecule has 86 valence electrons. The maximum absolute atomic E-state index is 5.86. The summed E-state index contributed by atoms with van der Waals surface area (Å²) >= 11 is 0. The number of hydrogen-bond donors (Lipinski definition) is 1.